The van der Waals surface area contributed by atoms with E-state index in [0.29, 0.717) is 17.0 Å². The van der Waals surface area contributed by atoms with Gasteiger partial charge in [0.2, 0.25) is 5.28 Å². The van der Waals surface area contributed by atoms with E-state index in [9.17, 15) is 0 Å². The van der Waals surface area contributed by atoms with Crippen molar-refractivity contribution in [2.75, 3.05) is 11.9 Å². The molecule has 3 heterocycles. The predicted octanol–water partition coefficient (Wildman–Crippen LogP) is 3.92. The Morgan fingerprint density at radius 3 is 2.83 bits per heavy atom. The van der Waals surface area contributed by atoms with Crippen LogP contribution in [0.4, 0.5) is 11.5 Å². The Balaban J connectivity index is 1.75. The van der Waals surface area contributed by atoms with Gasteiger partial charge in [0.25, 0.3) is 0 Å². The number of fused-ring (bicyclic) bond motifs is 1. The van der Waals surface area contributed by atoms with Gasteiger partial charge in [-0.25, -0.2) is 4.98 Å². The van der Waals surface area contributed by atoms with Gasteiger partial charge in [-0.2, -0.15) is 9.97 Å². The summed E-state index contributed by atoms with van der Waals surface area (Å²) in [6, 6.07) is 9.79. The molecule has 0 spiro atoms. The average Bonchev–Trinajstić information content (AvgIpc) is 3.00. The van der Waals surface area contributed by atoms with Gasteiger partial charge in [-0.15, -0.1) is 0 Å². The van der Waals surface area contributed by atoms with Crippen LogP contribution in [0.1, 0.15) is 25.5 Å². The van der Waals surface area contributed by atoms with Crippen molar-refractivity contribution < 1.29 is 4.74 Å². The first-order valence-electron chi connectivity index (χ1n) is 7.65. The maximum atomic E-state index is 6.11. The first kappa shape index (κ1) is 14.4. The molecule has 2 aromatic heterocycles. The van der Waals surface area contributed by atoms with Crippen LogP contribution >= 0.6 is 11.6 Å². The van der Waals surface area contributed by atoms with E-state index >= 15 is 0 Å². The van der Waals surface area contributed by atoms with Gasteiger partial charge in [0.05, 0.1) is 6.33 Å². The molecule has 1 aliphatic rings. The van der Waals surface area contributed by atoms with Crippen LogP contribution in [-0.4, -0.2) is 26.1 Å². The third-order valence-corrected chi connectivity index (χ3v) is 4.07. The summed E-state index contributed by atoms with van der Waals surface area (Å²) in [6.07, 6.45) is 4.90. The minimum atomic E-state index is -0.0377. The molecule has 118 valence electrons. The molecular weight excluding hydrogens is 314 g/mol. The van der Waals surface area contributed by atoms with Crippen LogP contribution in [0.5, 0.6) is 0 Å². The van der Waals surface area contributed by atoms with Crippen LogP contribution < -0.4 is 5.32 Å². The molecule has 4 rings (SSSR count). The number of imidazole rings is 1. The highest BCUT2D eigenvalue weighted by Crippen LogP contribution is 2.29. The van der Waals surface area contributed by atoms with Gasteiger partial charge in [0.15, 0.2) is 17.0 Å². The molecule has 0 radical (unpaired) electrons. The van der Waals surface area contributed by atoms with Crippen LogP contribution in [0, 0.1) is 0 Å². The van der Waals surface area contributed by atoms with E-state index in [2.05, 4.69) is 20.3 Å². The van der Waals surface area contributed by atoms with Crippen molar-refractivity contribution in [3.63, 3.8) is 0 Å². The zero-order valence-corrected chi connectivity index (χ0v) is 13.2. The van der Waals surface area contributed by atoms with E-state index in [4.69, 9.17) is 16.3 Å². The van der Waals surface area contributed by atoms with Gasteiger partial charge >= 0.3 is 0 Å². The van der Waals surface area contributed by atoms with Crippen LogP contribution in [0.25, 0.3) is 11.2 Å². The highest BCUT2D eigenvalue weighted by Gasteiger charge is 2.21. The Kier molecular flexibility index (Phi) is 3.85. The van der Waals surface area contributed by atoms with Crippen molar-refractivity contribution in [2.24, 2.45) is 0 Å². The molecule has 1 saturated heterocycles. The Bertz CT molecular complexity index is 814. The number of nitrogens with zero attached hydrogens (tertiary/aromatic N) is 4. The van der Waals surface area contributed by atoms with E-state index < -0.39 is 0 Å². The number of halogens is 1. The maximum absolute atomic E-state index is 6.11. The molecule has 7 heteroatoms. The normalized spacial score (nSPS) is 18.2. The quantitative estimate of drug-likeness (QED) is 0.738. The number of nitrogens with one attached hydrogen (secondary N) is 1. The molecule has 0 amide bonds. The fourth-order valence-corrected chi connectivity index (χ4v) is 2.95. The molecule has 0 saturated carbocycles. The maximum Gasteiger partial charge on any atom is 0.226 e. The molecule has 23 heavy (non-hydrogen) atoms. The first-order chi connectivity index (χ1) is 11.3. The second-order valence-corrected chi connectivity index (χ2v) is 5.82. The summed E-state index contributed by atoms with van der Waals surface area (Å²) < 4.78 is 7.77. The minimum absolute atomic E-state index is 0.0377. The summed E-state index contributed by atoms with van der Waals surface area (Å²) >= 11 is 6.11. The molecule has 1 fully saturated rings. The Morgan fingerprint density at radius 1 is 1.17 bits per heavy atom. The second-order valence-electron chi connectivity index (χ2n) is 5.48. The van der Waals surface area contributed by atoms with Crippen molar-refractivity contribution in [1.29, 1.82) is 0 Å². The fraction of sp³-hybridized carbons (Fsp3) is 0.312. The van der Waals surface area contributed by atoms with Crippen LogP contribution in [0.3, 0.4) is 0 Å². The lowest BCUT2D eigenvalue weighted by Crippen LogP contribution is -2.17. The zero-order valence-electron chi connectivity index (χ0n) is 12.4. The molecule has 1 aliphatic heterocycles. The summed E-state index contributed by atoms with van der Waals surface area (Å²) in [5, 5.41) is 3.44. The molecule has 3 aromatic rings. The molecule has 1 N–H and O–H groups in total. The lowest BCUT2D eigenvalue weighted by molar-refractivity contribution is -0.0298. The van der Waals surface area contributed by atoms with E-state index in [0.717, 1.165) is 31.6 Å². The van der Waals surface area contributed by atoms with Gasteiger partial charge < -0.3 is 10.1 Å². The Morgan fingerprint density at radius 2 is 2.04 bits per heavy atom. The van der Waals surface area contributed by atoms with Crippen LogP contribution in [0.2, 0.25) is 5.28 Å². The molecule has 6 nitrogen and oxygen atoms in total. The number of aromatic nitrogens is 4. The van der Waals surface area contributed by atoms with Gasteiger partial charge in [-0.05, 0) is 43.0 Å². The van der Waals surface area contributed by atoms with Crippen molar-refractivity contribution in [3.05, 3.63) is 41.9 Å². The van der Waals surface area contributed by atoms with Gasteiger partial charge in [0.1, 0.15) is 6.23 Å². The number of para-hydroxylation sites is 1. The van der Waals surface area contributed by atoms with E-state index in [1.165, 1.54) is 0 Å². The highest BCUT2D eigenvalue weighted by molar-refractivity contribution is 6.28. The van der Waals surface area contributed by atoms with Gasteiger partial charge in [-0.1, -0.05) is 18.2 Å². The number of benzene rings is 1. The second kappa shape index (κ2) is 6.14. The summed E-state index contributed by atoms with van der Waals surface area (Å²) in [7, 11) is 0. The molecule has 0 aliphatic carbocycles. The first-order valence-corrected chi connectivity index (χ1v) is 8.03. The van der Waals surface area contributed by atoms with E-state index in [1.807, 2.05) is 34.9 Å². The fourth-order valence-electron chi connectivity index (χ4n) is 2.79. The summed E-state index contributed by atoms with van der Waals surface area (Å²) in [4.78, 5) is 13.1. The van der Waals surface area contributed by atoms with E-state index in [-0.39, 0.29) is 11.5 Å². The van der Waals surface area contributed by atoms with Gasteiger partial charge in [-0.3, -0.25) is 4.57 Å². The summed E-state index contributed by atoms with van der Waals surface area (Å²) in [5.74, 6) is 0.598. The summed E-state index contributed by atoms with van der Waals surface area (Å²) in [5.41, 5.74) is 2.30. The zero-order chi connectivity index (χ0) is 15.6. The number of rotatable bonds is 3. The van der Waals surface area contributed by atoms with Crippen molar-refractivity contribution in [1.82, 2.24) is 19.5 Å². The molecular formula is C16H16ClN5O. The van der Waals surface area contributed by atoms with Crippen molar-refractivity contribution in [3.8, 4) is 0 Å². The molecule has 1 atom stereocenters. The minimum Gasteiger partial charge on any atom is -0.358 e. The SMILES string of the molecule is Clc1nc(Nc2ccccc2)c2ncn(C3CCCCO3)c2n1. The van der Waals surface area contributed by atoms with Gasteiger partial charge in [0, 0.05) is 12.3 Å². The highest BCUT2D eigenvalue weighted by atomic mass is 35.5. The lowest BCUT2D eigenvalue weighted by atomic mass is 10.2. The summed E-state index contributed by atoms with van der Waals surface area (Å²) in [6.45, 7) is 0.762. The predicted molar refractivity (Wildman–Crippen MR) is 88.9 cm³/mol. The molecule has 0 bridgehead atoms. The molecule has 1 aromatic carbocycles. The Hall–Kier alpha value is -2.18. The Labute approximate surface area is 138 Å². The average molecular weight is 330 g/mol. The topological polar surface area (TPSA) is 64.9 Å². The third kappa shape index (κ3) is 2.87. The number of ether oxygens (including phenoxy) is 1. The van der Waals surface area contributed by atoms with Crippen LogP contribution in [-0.2, 0) is 4.74 Å². The van der Waals surface area contributed by atoms with E-state index in [1.54, 1.807) is 6.33 Å². The largest absolute Gasteiger partial charge is 0.358 e. The standard InChI is InChI=1S/C16H16ClN5O/c17-16-20-14(19-11-6-2-1-3-7-11)13-15(21-16)22(10-18-13)12-8-4-5-9-23-12/h1-3,6-7,10,12H,4-5,8-9H2,(H,19,20,21). The van der Waals surface area contributed by atoms with Crippen LogP contribution in [0.15, 0.2) is 36.7 Å². The van der Waals surface area contributed by atoms with Crippen molar-refractivity contribution >= 4 is 34.3 Å². The van der Waals surface area contributed by atoms with Crippen molar-refractivity contribution in [2.45, 2.75) is 25.5 Å². The lowest BCUT2D eigenvalue weighted by Gasteiger charge is -2.23. The number of anilines is 2. The smallest absolute Gasteiger partial charge is 0.226 e. The monoisotopic (exact) mass is 329 g/mol. The number of hydrogen-bond donors (Lipinski definition) is 1. The number of hydrogen-bond acceptors (Lipinski definition) is 5. The third-order valence-electron chi connectivity index (χ3n) is 3.90. The molecule has 1 unspecified atom stereocenters.